The summed E-state index contributed by atoms with van der Waals surface area (Å²) >= 11 is 3.47. The van der Waals surface area contributed by atoms with Crippen LogP contribution >= 0.6 is 15.9 Å². The lowest BCUT2D eigenvalue weighted by molar-refractivity contribution is -0.231. The maximum absolute atomic E-state index is 12.4. The van der Waals surface area contributed by atoms with E-state index in [9.17, 15) is 9.90 Å². The van der Waals surface area contributed by atoms with Crippen molar-refractivity contribution in [1.29, 1.82) is 0 Å². The predicted molar refractivity (Wildman–Crippen MR) is 130 cm³/mol. The summed E-state index contributed by atoms with van der Waals surface area (Å²) < 4.78 is 7.17. The Bertz CT molecular complexity index is 923. The topological polar surface area (TPSA) is 46.5 Å². The van der Waals surface area contributed by atoms with Gasteiger partial charge in [-0.25, -0.2) is 0 Å². The second kappa shape index (κ2) is 8.06. The molecule has 5 rings (SSSR count). The number of hydrogen-bond donors (Lipinski definition) is 1. The zero-order valence-corrected chi connectivity index (χ0v) is 21.3. The van der Waals surface area contributed by atoms with Gasteiger partial charge in [-0.15, -0.1) is 0 Å². The molecule has 0 aliphatic heterocycles. The van der Waals surface area contributed by atoms with Crippen LogP contribution < -0.4 is 0 Å². The Morgan fingerprint density at radius 3 is 2.56 bits per heavy atom. The van der Waals surface area contributed by atoms with Crippen LogP contribution in [0.4, 0.5) is 0 Å². The van der Waals surface area contributed by atoms with Crippen molar-refractivity contribution in [2.75, 3.05) is 0 Å². The lowest BCUT2D eigenvalue weighted by atomic mass is 9.47. The Morgan fingerprint density at radius 2 is 1.84 bits per heavy atom. The number of allylic oxidation sites excluding steroid dienone is 1. The summed E-state index contributed by atoms with van der Waals surface area (Å²) in [5.41, 5.74) is 2.84. The van der Waals surface area contributed by atoms with Gasteiger partial charge in [-0.3, -0.25) is 4.79 Å². The van der Waals surface area contributed by atoms with Crippen LogP contribution in [0.5, 0.6) is 0 Å². The second-order valence-electron chi connectivity index (χ2n) is 11.6. The van der Waals surface area contributed by atoms with Gasteiger partial charge in [-0.1, -0.05) is 53.6 Å². The number of fused-ring (bicyclic) bond motifs is 5. The normalized spacial score (nSPS) is 43.1. The molecule has 0 heterocycles. The van der Waals surface area contributed by atoms with Crippen LogP contribution in [0.15, 0.2) is 40.4 Å². The van der Waals surface area contributed by atoms with E-state index in [-0.39, 0.29) is 16.7 Å². The molecule has 3 saturated carbocycles. The lowest BCUT2D eigenvalue weighted by Gasteiger charge is -2.58. The molecule has 3 fully saturated rings. The monoisotopic (exact) mass is 500 g/mol. The van der Waals surface area contributed by atoms with E-state index < -0.39 is 5.79 Å². The highest BCUT2D eigenvalue weighted by Gasteiger charge is 2.60. The number of rotatable bonds is 4. The Hall–Kier alpha value is -0.970. The number of carbonyl (C=O) groups is 1. The van der Waals surface area contributed by atoms with Crippen LogP contribution in [-0.4, -0.2) is 16.7 Å². The van der Waals surface area contributed by atoms with Crippen LogP contribution in [0.3, 0.4) is 0 Å². The van der Waals surface area contributed by atoms with Crippen molar-refractivity contribution in [2.45, 2.75) is 84.5 Å². The minimum absolute atomic E-state index is 0.158. The van der Waals surface area contributed by atoms with Crippen molar-refractivity contribution in [3.05, 3.63) is 46.0 Å². The predicted octanol–water partition coefficient (Wildman–Crippen LogP) is 6.82. The molecule has 174 valence electrons. The van der Waals surface area contributed by atoms with Gasteiger partial charge in [0, 0.05) is 23.2 Å². The molecule has 4 aliphatic carbocycles. The number of Topliss-reactive ketones (excluding diaryl/α,β-unsaturated/α-hetero) is 1. The van der Waals surface area contributed by atoms with Crippen molar-refractivity contribution in [3.8, 4) is 0 Å². The molecule has 0 amide bonds. The smallest absolute Gasteiger partial charge is 0.169 e. The highest BCUT2D eigenvalue weighted by atomic mass is 79.9. The number of halogens is 1. The van der Waals surface area contributed by atoms with E-state index in [4.69, 9.17) is 4.74 Å². The largest absolute Gasteiger partial charge is 0.365 e. The third-order valence-electron chi connectivity index (χ3n) is 10.0. The third-order valence-corrected chi connectivity index (χ3v) is 10.6. The SMILES string of the molecule is CC(=O)C1CCC2C3CC=C4CC(O)(OCc5ccc(Br)cc5)CCC4(C)C3CCC12C. The molecule has 0 saturated heterocycles. The van der Waals surface area contributed by atoms with Crippen molar-refractivity contribution in [1.82, 2.24) is 0 Å². The first-order valence-electron chi connectivity index (χ1n) is 12.5. The first kappa shape index (κ1) is 22.8. The summed E-state index contributed by atoms with van der Waals surface area (Å²) in [6, 6.07) is 8.11. The number of ketones is 1. The standard InChI is InChI=1S/C28H37BrO3/c1-18(30)23-10-11-24-22-9-6-20-16-28(31,32-17-19-4-7-21(29)8-5-19)15-14-26(20,2)25(22)12-13-27(23,24)3/h4-8,22-25,31H,9-17H2,1-3H3. The Balaban J connectivity index is 1.32. The van der Waals surface area contributed by atoms with Gasteiger partial charge >= 0.3 is 0 Å². The summed E-state index contributed by atoms with van der Waals surface area (Å²) in [7, 11) is 0. The minimum atomic E-state index is -1.07. The highest BCUT2D eigenvalue weighted by Crippen LogP contribution is 2.66. The molecule has 7 atom stereocenters. The van der Waals surface area contributed by atoms with E-state index in [1.807, 2.05) is 24.3 Å². The van der Waals surface area contributed by atoms with Crippen LogP contribution in [0, 0.1) is 34.5 Å². The molecule has 1 aromatic rings. The van der Waals surface area contributed by atoms with Gasteiger partial charge in [-0.05, 0) is 91.7 Å². The molecule has 0 aromatic heterocycles. The minimum Gasteiger partial charge on any atom is -0.365 e. The number of aliphatic hydroxyl groups is 1. The summed E-state index contributed by atoms with van der Waals surface area (Å²) in [4.78, 5) is 12.4. The number of benzene rings is 1. The van der Waals surface area contributed by atoms with Gasteiger partial charge in [0.25, 0.3) is 0 Å². The van der Waals surface area contributed by atoms with Gasteiger partial charge in [0.05, 0.1) is 6.61 Å². The molecule has 3 nitrogen and oxygen atoms in total. The zero-order chi connectivity index (χ0) is 22.7. The summed E-state index contributed by atoms with van der Waals surface area (Å²) in [5, 5.41) is 11.3. The van der Waals surface area contributed by atoms with E-state index >= 15 is 0 Å². The molecule has 4 aliphatic rings. The maximum Gasteiger partial charge on any atom is 0.169 e. The van der Waals surface area contributed by atoms with E-state index in [0.717, 1.165) is 29.3 Å². The number of ether oxygens (including phenoxy) is 1. The Kier molecular flexibility index (Phi) is 5.74. The molecule has 0 radical (unpaired) electrons. The van der Waals surface area contributed by atoms with Crippen molar-refractivity contribution in [2.24, 2.45) is 34.5 Å². The van der Waals surface area contributed by atoms with Gasteiger partial charge < -0.3 is 9.84 Å². The molecule has 0 spiro atoms. The van der Waals surface area contributed by atoms with E-state index in [1.165, 1.54) is 24.8 Å². The summed E-state index contributed by atoms with van der Waals surface area (Å²) in [6.07, 6.45) is 10.5. The average Bonchev–Trinajstić information content (AvgIpc) is 3.12. The molecule has 1 aromatic carbocycles. The molecule has 0 bridgehead atoms. The summed E-state index contributed by atoms with van der Waals surface area (Å²) in [6.45, 7) is 7.10. The number of hydrogen-bond acceptors (Lipinski definition) is 3. The van der Waals surface area contributed by atoms with Crippen molar-refractivity contribution >= 4 is 21.7 Å². The van der Waals surface area contributed by atoms with E-state index in [2.05, 4.69) is 35.9 Å². The van der Waals surface area contributed by atoms with E-state index in [1.54, 1.807) is 6.92 Å². The third kappa shape index (κ3) is 3.65. The molecular formula is C28H37BrO3. The van der Waals surface area contributed by atoms with Crippen molar-refractivity contribution < 1.29 is 14.6 Å². The maximum atomic E-state index is 12.4. The fraction of sp³-hybridized carbons (Fsp3) is 0.679. The fourth-order valence-corrected chi connectivity index (χ4v) is 8.47. The van der Waals surface area contributed by atoms with Crippen molar-refractivity contribution in [3.63, 3.8) is 0 Å². The van der Waals surface area contributed by atoms with Crippen LogP contribution in [0.1, 0.15) is 77.7 Å². The van der Waals surface area contributed by atoms with Gasteiger partial charge in [0.2, 0.25) is 0 Å². The summed E-state index contributed by atoms with van der Waals surface area (Å²) in [5.74, 6) is 1.61. The average molecular weight is 502 g/mol. The molecule has 7 unspecified atom stereocenters. The Morgan fingerprint density at radius 1 is 1.09 bits per heavy atom. The fourth-order valence-electron chi connectivity index (χ4n) is 8.21. The van der Waals surface area contributed by atoms with Gasteiger partial charge in [0.15, 0.2) is 5.79 Å². The zero-order valence-electron chi connectivity index (χ0n) is 19.7. The molecular weight excluding hydrogens is 464 g/mol. The van der Waals surface area contributed by atoms with Gasteiger partial charge in [0.1, 0.15) is 5.78 Å². The van der Waals surface area contributed by atoms with E-state index in [0.29, 0.717) is 43.0 Å². The molecule has 4 heteroatoms. The quantitative estimate of drug-likeness (QED) is 0.364. The highest BCUT2D eigenvalue weighted by molar-refractivity contribution is 9.10. The number of carbonyl (C=O) groups excluding carboxylic acids is 1. The van der Waals surface area contributed by atoms with Gasteiger partial charge in [-0.2, -0.15) is 0 Å². The lowest BCUT2D eigenvalue weighted by Crippen LogP contribution is -2.52. The van der Waals surface area contributed by atoms with Crippen LogP contribution in [-0.2, 0) is 16.1 Å². The van der Waals surface area contributed by atoms with Crippen LogP contribution in [0.25, 0.3) is 0 Å². The molecule has 32 heavy (non-hydrogen) atoms. The first-order valence-corrected chi connectivity index (χ1v) is 13.2. The molecule has 1 N–H and O–H groups in total. The Labute approximate surface area is 201 Å². The first-order chi connectivity index (χ1) is 15.1. The van der Waals surface area contributed by atoms with Crippen LogP contribution in [0.2, 0.25) is 0 Å². The second-order valence-corrected chi connectivity index (χ2v) is 12.5.